The summed E-state index contributed by atoms with van der Waals surface area (Å²) in [6, 6.07) is 5.40. The second-order valence-corrected chi connectivity index (χ2v) is 4.66. The summed E-state index contributed by atoms with van der Waals surface area (Å²) in [6.07, 6.45) is 0.408. The van der Waals surface area contributed by atoms with Crippen LogP contribution in [0.1, 0.15) is 5.56 Å². The second-order valence-electron chi connectivity index (χ2n) is 4.35. The number of carbonyl (C=O) groups is 2. The monoisotopic (exact) mass is 299 g/mol. The van der Waals surface area contributed by atoms with Crippen LogP contribution in [0, 0.1) is 5.92 Å². The molecule has 20 heavy (non-hydrogen) atoms. The van der Waals surface area contributed by atoms with Crippen molar-refractivity contribution in [2.75, 3.05) is 19.2 Å². The van der Waals surface area contributed by atoms with Crippen LogP contribution >= 0.6 is 11.6 Å². The maximum absolute atomic E-state index is 11.8. The highest BCUT2D eigenvalue weighted by atomic mass is 35.5. The van der Waals surface area contributed by atoms with Gasteiger partial charge in [0.15, 0.2) is 11.5 Å². The third-order valence-electron chi connectivity index (χ3n) is 2.89. The van der Waals surface area contributed by atoms with Crippen molar-refractivity contribution in [3.05, 3.63) is 23.8 Å². The number of hydrogen-bond acceptors (Lipinski definition) is 4. The fraction of sp³-hybridized carbons (Fsp3) is 0.385. The number of benzene rings is 1. The van der Waals surface area contributed by atoms with E-state index in [2.05, 4.69) is 5.32 Å². The lowest BCUT2D eigenvalue weighted by Gasteiger charge is -2.13. The summed E-state index contributed by atoms with van der Waals surface area (Å²) in [4.78, 5) is 22.2. The molecule has 0 saturated carbocycles. The number of halogens is 1. The third kappa shape index (κ3) is 3.54. The van der Waals surface area contributed by atoms with Crippen molar-refractivity contribution in [1.29, 1.82) is 0 Å². The molecule has 0 spiro atoms. The Bertz CT molecular complexity index is 519. The molecule has 1 amide bonds. The molecule has 2 N–H and O–H groups in total. The largest absolute Gasteiger partial charge is 0.480 e. The van der Waals surface area contributed by atoms with E-state index in [1.165, 1.54) is 0 Å². The molecule has 0 aromatic heterocycles. The number of nitrogens with one attached hydrogen (secondary N) is 1. The van der Waals surface area contributed by atoms with Crippen molar-refractivity contribution in [2.24, 2.45) is 5.92 Å². The Balaban J connectivity index is 1.99. The van der Waals surface area contributed by atoms with E-state index >= 15 is 0 Å². The van der Waals surface area contributed by atoms with Crippen LogP contribution in [0.5, 0.6) is 11.5 Å². The van der Waals surface area contributed by atoms with Crippen LogP contribution in [-0.2, 0) is 16.0 Å². The lowest BCUT2D eigenvalue weighted by Crippen LogP contribution is -2.36. The molecule has 1 heterocycles. The molecular weight excluding hydrogens is 286 g/mol. The summed E-state index contributed by atoms with van der Waals surface area (Å²) >= 11 is 5.78. The molecule has 0 radical (unpaired) electrons. The minimum Gasteiger partial charge on any atom is -0.480 e. The van der Waals surface area contributed by atoms with Crippen LogP contribution in [0.2, 0.25) is 0 Å². The van der Waals surface area contributed by atoms with E-state index in [4.69, 9.17) is 26.2 Å². The molecule has 0 aliphatic carbocycles. The zero-order chi connectivity index (χ0) is 14.5. The van der Waals surface area contributed by atoms with Gasteiger partial charge < -0.3 is 19.9 Å². The number of hydrogen-bond donors (Lipinski definition) is 2. The van der Waals surface area contributed by atoms with E-state index in [0.29, 0.717) is 17.9 Å². The Morgan fingerprint density at radius 1 is 1.35 bits per heavy atom. The zero-order valence-corrected chi connectivity index (χ0v) is 11.4. The first-order valence-corrected chi connectivity index (χ1v) is 6.57. The fourth-order valence-corrected chi connectivity index (χ4v) is 2.13. The standard InChI is InChI=1S/C13H14ClNO5/c14-5-9(13(18)15-6-12(16)17)3-8-1-2-10-11(4-8)20-7-19-10/h1-2,4,9H,3,5-7H2,(H,15,18)(H,16,17)/t9-/m1/s1. The highest BCUT2D eigenvalue weighted by Crippen LogP contribution is 2.33. The number of carboxylic acid groups (broad SMARTS) is 1. The van der Waals surface area contributed by atoms with Gasteiger partial charge in [0.1, 0.15) is 6.54 Å². The van der Waals surface area contributed by atoms with Crippen molar-refractivity contribution in [1.82, 2.24) is 5.32 Å². The van der Waals surface area contributed by atoms with Gasteiger partial charge in [-0.1, -0.05) is 6.07 Å². The number of ether oxygens (including phenoxy) is 2. The Morgan fingerprint density at radius 2 is 2.10 bits per heavy atom. The molecule has 0 saturated heterocycles. The molecule has 0 fully saturated rings. The topological polar surface area (TPSA) is 84.9 Å². The van der Waals surface area contributed by atoms with Crippen molar-refractivity contribution >= 4 is 23.5 Å². The molecule has 6 nitrogen and oxygen atoms in total. The number of alkyl halides is 1. The Kier molecular flexibility index (Phi) is 4.68. The average Bonchev–Trinajstić information content (AvgIpc) is 2.89. The summed E-state index contributed by atoms with van der Waals surface area (Å²) in [5.74, 6) is -0.528. The fourth-order valence-electron chi connectivity index (χ4n) is 1.88. The quantitative estimate of drug-likeness (QED) is 0.766. The van der Waals surface area contributed by atoms with E-state index < -0.39 is 18.4 Å². The highest BCUT2D eigenvalue weighted by molar-refractivity contribution is 6.19. The molecule has 7 heteroatoms. The van der Waals surface area contributed by atoms with Gasteiger partial charge in [0.05, 0.1) is 5.92 Å². The Morgan fingerprint density at radius 3 is 2.80 bits per heavy atom. The predicted octanol–water partition coefficient (Wildman–Crippen LogP) is 1.01. The van der Waals surface area contributed by atoms with E-state index in [1.54, 1.807) is 12.1 Å². The first-order valence-electron chi connectivity index (χ1n) is 6.04. The minimum absolute atomic E-state index is 0.111. The molecular formula is C13H14ClNO5. The first-order chi connectivity index (χ1) is 9.60. The number of carbonyl (C=O) groups excluding carboxylic acids is 1. The number of rotatable bonds is 6. The highest BCUT2D eigenvalue weighted by Gasteiger charge is 2.20. The number of carboxylic acids is 1. The summed E-state index contributed by atoms with van der Waals surface area (Å²) in [6.45, 7) is -0.218. The Hall–Kier alpha value is -1.95. The van der Waals surface area contributed by atoms with Crippen LogP contribution in [0.25, 0.3) is 0 Å². The van der Waals surface area contributed by atoms with Gasteiger partial charge >= 0.3 is 5.97 Å². The SMILES string of the molecule is O=C(O)CNC(=O)[C@@H](CCl)Cc1ccc2c(c1)OCO2. The number of fused-ring (bicyclic) bond motifs is 1. The van der Waals surface area contributed by atoms with Gasteiger partial charge in [-0.2, -0.15) is 0 Å². The van der Waals surface area contributed by atoms with Crippen LogP contribution in [0.3, 0.4) is 0 Å². The maximum Gasteiger partial charge on any atom is 0.322 e. The smallest absolute Gasteiger partial charge is 0.322 e. The predicted molar refractivity (Wildman–Crippen MR) is 71.1 cm³/mol. The lowest BCUT2D eigenvalue weighted by molar-refractivity contribution is -0.138. The van der Waals surface area contributed by atoms with Crippen molar-refractivity contribution in [2.45, 2.75) is 6.42 Å². The van der Waals surface area contributed by atoms with Gasteiger partial charge in [0.25, 0.3) is 0 Å². The van der Waals surface area contributed by atoms with E-state index in [9.17, 15) is 9.59 Å². The normalized spacial score (nSPS) is 13.8. The van der Waals surface area contributed by atoms with Crippen LogP contribution in [0.4, 0.5) is 0 Å². The first kappa shape index (κ1) is 14.5. The van der Waals surface area contributed by atoms with Crippen LogP contribution in [0.15, 0.2) is 18.2 Å². The summed E-state index contributed by atoms with van der Waals surface area (Å²) in [7, 11) is 0. The number of amides is 1. The van der Waals surface area contributed by atoms with Gasteiger partial charge in [0.2, 0.25) is 12.7 Å². The van der Waals surface area contributed by atoms with Gasteiger partial charge in [-0.25, -0.2) is 0 Å². The van der Waals surface area contributed by atoms with Gasteiger partial charge in [-0.3, -0.25) is 9.59 Å². The molecule has 0 bridgehead atoms. The Labute approximate surface area is 120 Å². The minimum atomic E-state index is -1.09. The molecule has 1 aliphatic rings. The zero-order valence-electron chi connectivity index (χ0n) is 10.6. The molecule has 1 aromatic rings. The van der Waals surface area contributed by atoms with E-state index in [1.807, 2.05) is 6.07 Å². The molecule has 1 aliphatic heterocycles. The van der Waals surface area contributed by atoms with Crippen molar-refractivity contribution in [3.8, 4) is 11.5 Å². The molecule has 0 unspecified atom stereocenters. The van der Waals surface area contributed by atoms with Crippen LogP contribution in [-0.4, -0.2) is 36.2 Å². The third-order valence-corrected chi connectivity index (χ3v) is 3.26. The van der Waals surface area contributed by atoms with Gasteiger partial charge in [-0.05, 0) is 24.1 Å². The number of aliphatic carboxylic acids is 1. The lowest BCUT2D eigenvalue weighted by atomic mass is 10.00. The van der Waals surface area contributed by atoms with E-state index in [-0.39, 0.29) is 18.6 Å². The summed E-state index contributed by atoms with van der Waals surface area (Å²) in [5.41, 5.74) is 0.880. The average molecular weight is 300 g/mol. The molecule has 108 valence electrons. The van der Waals surface area contributed by atoms with Gasteiger partial charge in [-0.15, -0.1) is 11.6 Å². The van der Waals surface area contributed by atoms with Crippen molar-refractivity contribution in [3.63, 3.8) is 0 Å². The van der Waals surface area contributed by atoms with Crippen LogP contribution < -0.4 is 14.8 Å². The van der Waals surface area contributed by atoms with Gasteiger partial charge in [0, 0.05) is 5.88 Å². The summed E-state index contributed by atoms with van der Waals surface area (Å²) in [5, 5.41) is 10.9. The molecule has 1 atom stereocenters. The molecule has 1 aromatic carbocycles. The van der Waals surface area contributed by atoms with Crippen molar-refractivity contribution < 1.29 is 24.2 Å². The summed E-state index contributed by atoms with van der Waals surface area (Å²) < 4.78 is 10.5. The van der Waals surface area contributed by atoms with E-state index in [0.717, 1.165) is 5.56 Å². The molecule has 2 rings (SSSR count). The maximum atomic E-state index is 11.8. The second kappa shape index (κ2) is 6.47.